The molecular weight excluding hydrogens is 290 g/mol. The van der Waals surface area contributed by atoms with Gasteiger partial charge in [0.1, 0.15) is 24.1 Å². The molecule has 7 nitrogen and oxygen atoms in total. The van der Waals surface area contributed by atoms with E-state index in [0.29, 0.717) is 11.4 Å². The van der Waals surface area contributed by atoms with Gasteiger partial charge in [0, 0.05) is 25.1 Å². The fraction of sp³-hybridized carbons (Fsp3) is 0.533. The molecule has 0 radical (unpaired) electrons. The Morgan fingerprint density at radius 1 is 1.18 bits per heavy atom. The van der Waals surface area contributed by atoms with Gasteiger partial charge in [-0.15, -0.1) is 0 Å². The summed E-state index contributed by atoms with van der Waals surface area (Å²) in [6, 6.07) is 6.56. The summed E-state index contributed by atoms with van der Waals surface area (Å²) in [5.74, 6) is -0.278. The molecule has 2 rings (SSSR count). The SMILES string of the molecule is CC(=O)Nc1ccc(O[C@@H]2CC(CO)[C@@H](O)[C@H](O)C2O)cc1. The first-order chi connectivity index (χ1) is 10.4. The minimum absolute atomic E-state index is 0.181. The molecule has 2 unspecified atom stereocenters. The van der Waals surface area contributed by atoms with Crippen molar-refractivity contribution in [1.29, 1.82) is 0 Å². The molecule has 1 fully saturated rings. The third kappa shape index (κ3) is 3.75. The number of carbonyl (C=O) groups excluding carboxylic acids is 1. The molecule has 0 bridgehead atoms. The van der Waals surface area contributed by atoms with Crippen molar-refractivity contribution in [2.45, 2.75) is 37.8 Å². The van der Waals surface area contributed by atoms with E-state index in [4.69, 9.17) is 4.74 Å². The zero-order chi connectivity index (χ0) is 16.3. The molecule has 1 saturated carbocycles. The summed E-state index contributed by atoms with van der Waals surface area (Å²) in [4.78, 5) is 10.9. The number of nitrogens with one attached hydrogen (secondary N) is 1. The van der Waals surface area contributed by atoms with Crippen LogP contribution in [-0.4, -0.2) is 57.4 Å². The minimum Gasteiger partial charge on any atom is -0.488 e. The molecule has 1 aliphatic rings. The van der Waals surface area contributed by atoms with E-state index >= 15 is 0 Å². The largest absolute Gasteiger partial charge is 0.488 e. The Balaban J connectivity index is 2.04. The number of carbonyl (C=O) groups is 1. The van der Waals surface area contributed by atoms with Crippen LogP contribution in [0.2, 0.25) is 0 Å². The molecule has 5 N–H and O–H groups in total. The number of anilines is 1. The van der Waals surface area contributed by atoms with Crippen LogP contribution < -0.4 is 10.1 Å². The summed E-state index contributed by atoms with van der Waals surface area (Å²) in [5, 5.41) is 41.4. The molecular formula is C15H21NO6. The van der Waals surface area contributed by atoms with Crippen molar-refractivity contribution in [2.75, 3.05) is 11.9 Å². The van der Waals surface area contributed by atoms with Crippen LogP contribution in [0.4, 0.5) is 5.69 Å². The average molecular weight is 311 g/mol. The molecule has 22 heavy (non-hydrogen) atoms. The van der Waals surface area contributed by atoms with Gasteiger partial charge in [0.05, 0.1) is 6.10 Å². The van der Waals surface area contributed by atoms with E-state index in [1.54, 1.807) is 24.3 Å². The number of hydrogen-bond acceptors (Lipinski definition) is 6. The highest BCUT2D eigenvalue weighted by Crippen LogP contribution is 2.29. The number of hydrogen-bond donors (Lipinski definition) is 5. The first-order valence-electron chi connectivity index (χ1n) is 7.11. The maximum absolute atomic E-state index is 10.9. The predicted octanol–water partition coefficient (Wildman–Crippen LogP) is -0.513. The number of aliphatic hydroxyl groups excluding tert-OH is 4. The summed E-state index contributed by atoms with van der Waals surface area (Å²) >= 11 is 0. The van der Waals surface area contributed by atoms with E-state index in [9.17, 15) is 25.2 Å². The summed E-state index contributed by atoms with van der Waals surface area (Å²) in [6.45, 7) is 1.11. The molecule has 0 heterocycles. The second-order valence-corrected chi connectivity index (χ2v) is 5.51. The number of ether oxygens (including phenoxy) is 1. The van der Waals surface area contributed by atoms with E-state index in [2.05, 4.69) is 5.32 Å². The van der Waals surface area contributed by atoms with Gasteiger partial charge < -0.3 is 30.5 Å². The van der Waals surface area contributed by atoms with Gasteiger partial charge in [0.15, 0.2) is 0 Å². The lowest BCUT2D eigenvalue weighted by molar-refractivity contribution is -0.156. The Labute approximate surface area is 128 Å². The highest BCUT2D eigenvalue weighted by molar-refractivity contribution is 5.88. The van der Waals surface area contributed by atoms with Gasteiger partial charge >= 0.3 is 0 Å². The Hall–Kier alpha value is -1.67. The summed E-state index contributed by atoms with van der Waals surface area (Å²) < 4.78 is 5.63. The van der Waals surface area contributed by atoms with Gasteiger partial charge in [0.2, 0.25) is 5.91 Å². The zero-order valence-electron chi connectivity index (χ0n) is 12.2. The lowest BCUT2D eigenvalue weighted by Crippen LogP contribution is -2.56. The molecule has 0 saturated heterocycles. The Morgan fingerprint density at radius 3 is 2.36 bits per heavy atom. The van der Waals surface area contributed by atoms with Crippen molar-refractivity contribution in [3.05, 3.63) is 24.3 Å². The highest BCUT2D eigenvalue weighted by atomic mass is 16.5. The van der Waals surface area contributed by atoms with Crippen LogP contribution in [0.5, 0.6) is 5.75 Å². The first-order valence-corrected chi connectivity index (χ1v) is 7.11. The normalized spacial score (nSPS) is 31.6. The quantitative estimate of drug-likeness (QED) is 0.511. The second kappa shape index (κ2) is 7.06. The van der Waals surface area contributed by atoms with Gasteiger partial charge in [-0.3, -0.25) is 4.79 Å². The summed E-state index contributed by atoms with van der Waals surface area (Å²) in [5.41, 5.74) is 0.618. The van der Waals surface area contributed by atoms with Crippen molar-refractivity contribution in [3.8, 4) is 5.75 Å². The lowest BCUT2D eigenvalue weighted by atomic mass is 9.81. The van der Waals surface area contributed by atoms with E-state index in [-0.39, 0.29) is 18.9 Å². The number of benzene rings is 1. The van der Waals surface area contributed by atoms with Crippen molar-refractivity contribution < 1.29 is 30.0 Å². The predicted molar refractivity (Wildman–Crippen MR) is 78.4 cm³/mol. The summed E-state index contributed by atoms with van der Waals surface area (Å²) in [7, 11) is 0. The van der Waals surface area contributed by atoms with Crippen molar-refractivity contribution in [3.63, 3.8) is 0 Å². The zero-order valence-corrected chi connectivity index (χ0v) is 12.2. The molecule has 5 atom stereocenters. The Morgan fingerprint density at radius 2 is 1.82 bits per heavy atom. The maximum Gasteiger partial charge on any atom is 0.221 e. The second-order valence-electron chi connectivity index (χ2n) is 5.51. The van der Waals surface area contributed by atoms with Gasteiger partial charge in [0.25, 0.3) is 0 Å². The van der Waals surface area contributed by atoms with E-state index < -0.39 is 30.3 Å². The van der Waals surface area contributed by atoms with Gasteiger partial charge in [-0.2, -0.15) is 0 Å². The minimum atomic E-state index is -1.37. The van der Waals surface area contributed by atoms with Crippen LogP contribution in [-0.2, 0) is 4.79 Å². The molecule has 1 amide bonds. The van der Waals surface area contributed by atoms with Gasteiger partial charge in [-0.05, 0) is 30.7 Å². The van der Waals surface area contributed by atoms with Gasteiger partial charge in [-0.25, -0.2) is 0 Å². The van der Waals surface area contributed by atoms with Crippen LogP contribution in [0.15, 0.2) is 24.3 Å². The Bertz CT molecular complexity index is 503. The molecule has 0 aromatic heterocycles. The molecule has 1 aromatic carbocycles. The van der Waals surface area contributed by atoms with E-state index in [1.807, 2.05) is 0 Å². The van der Waals surface area contributed by atoms with E-state index in [1.165, 1.54) is 6.92 Å². The fourth-order valence-corrected chi connectivity index (χ4v) is 2.57. The molecule has 1 aromatic rings. The third-order valence-electron chi connectivity index (χ3n) is 3.80. The average Bonchev–Trinajstić information content (AvgIpc) is 2.49. The molecule has 7 heteroatoms. The molecule has 0 spiro atoms. The summed E-state index contributed by atoms with van der Waals surface area (Å²) in [6.07, 6.45) is -4.30. The fourth-order valence-electron chi connectivity index (χ4n) is 2.57. The standard InChI is InChI=1S/C15H21NO6/c1-8(18)16-10-2-4-11(5-3-10)22-12-6-9(7-17)13(19)15(21)14(12)20/h2-5,9,12-15,17,19-21H,6-7H2,1H3,(H,16,18)/t9?,12-,13-,14?,15+/m1/s1. The lowest BCUT2D eigenvalue weighted by Gasteiger charge is -2.39. The van der Waals surface area contributed by atoms with Crippen LogP contribution in [0.25, 0.3) is 0 Å². The monoisotopic (exact) mass is 311 g/mol. The van der Waals surface area contributed by atoms with Crippen LogP contribution in [0, 0.1) is 5.92 Å². The number of rotatable bonds is 4. The number of amides is 1. The van der Waals surface area contributed by atoms with Crippen LogP contribution >= 0.6 is 0 Å². The van der Waals surface area contributed by atoms with E-state index in [0.717, 1.165) is 0 Å². The van der Waals surface area contributed by atoms with Gasteiger partial charge in [-0.1, -0.05) is 0 Å². The third-order valence-corrected chi connectivity index (χ3v) is 3.80. The van der Waals surface area contributed by atoms with Crippen molar-refractivity contribution in [1.82, 2.24) is 0 Å². The van der Waals surface area contributed by atoms with Crippen molar-refractivity contribution in [2.24, 2.45) is 5.92 Å². The highest BCUT2D eigenvalue weighted by Gasteiger charge is 2.43. The topological polar surface area (TPSA) is 119 Å². The maximum atomic E-state index is 10.9. The van der Waals surface area contributed by atoms with Crippen LogP contribution in [0.3, 0.4) is 0 Å². The first kappa shape index (κ1) is 16.7. The smallest absolute Gasteiger partial charge is 0.221 e. The molecule has 1 aliphatic carbocycles. The Kier molecular flexibility index (Phi) is 5.36. The van der Waals surface area contributed by atoms with Crippen LogP contribution in [0.1, 0.15) is 13.3 Å². The van der Waals surface area contributed by atoms with Crippen molar-refractivity contribution >= 4 is 11.6 Å². The molecule has 0 aliphatic heterocycles. The molecule has 122 valence electrons. The number of aliphatic hydroxyl groups is 4.